The standard InChI is InChI=1S/C90H94N4O22/c1-57-73(101-48-58-27-11-4-12-28-58)78(105-52-62-35-19-8-20-36-62)80(107-53-63-37-21-9-22-38-63)87(110-57)115-81-79(106-54-64-43-45-66(99-2)46-44-64)75-70(55-108-85(114-75)65-39-23-10-24-40-65)112-88(81)116-82-76(103-50-60-31-15-6-16-32-60)71(113-89(100-3)90(82,98)92-93-91)56-109-86-72(94-83(96)67-41-25-26-42-68(67)84(94)97)77(104-51-61-33-17-7-18-34-61)74(69(47-95)111-86)102-49-59-29-13-5-14-30-59/h4-46,57,69-82,85-89,95,98H,47-56H2,1-3H3/t57-,69-,70-,71-,72-,73+,74-,75+,76+,77-,78+,79+,80-,81-,82+,85?,86-,87+,88+,89-,90-/m1/s1. The molecule has 5 saturated heterocycles. The number of aliphatic hydroxyl groups excluding tert-OH is 1. The average molecular weight is 1580 g/mol. The van der Waals surface area contributed by atoms with Gasteiger partial charge in [0.1, 0.15) is 91.1 Å². The predicted molar refractivity (Wildman–Crippen MR) is 417 cm³/mol. The first-order valence-corrected chi connectivity index (χ1v) is 38.9. The lowest BCUT2D eigenvalue weighted by Gasteiger charge is -2.54. The molecule has 9 aromatic carbocycles. The smallest absolute Gasteiger partial charge is 0.262 e. The SMILES string of the molecule is COc1ccc(CO[C@H]2[C@H]3OC(c4ccccc4)OC[C@H]3O[C@@H](O[C@H]3[C@@H](OCc4ccccc4)[C@@H](CO[C@@H]4O[C@H](CO)[C@@H](OCc5ccccc5)[C@H](OCc5ccccc5)[C@H]4N4C(=O)c5ccccc5C4=O)O[C@@H](OC)[C@@]3(O)N=[N+]=[N-])[C@@H]2O[C@@H]2O[C@H](C)[C@H](OCc3ccccc3)[C@H](OCc3ccccc3)[C@H]2OCc2ccccc2)cc1. The van der Waals surface area contributed by atoms with Crippen LogP contribution in [0, 0.1) is 0 Å². The van der Waals surface area contributed by atoms with E-state index in [1.165, 1.54) is 7.11 Å². The van der Waals surface area contributed by atoms with Crippen molar-refractivity contribution < 1.29 is 105 Å². The van der Waals surface area contributed by atoms with Gasteiger partial charge in [0, 0.05) is 17.6 Å². The van der Waals surface area contributed by atoms with Gasteiger partial charge >= 0.3 is 0 Å². The number of methoxy groups -OCH3 is 2. The van der Waals surface area contributed by atoms with E-state index < -0.39 is 154 Å². The molecule has 6 heterocycles. The Kier molecular flexibility index (Phi) is 27.5. The number of fused-ring (bicyclic) bond motifs is 2. The summed E-state index contributed by atoms with van der Waals surface area (Å²) < 4.78 is 125. The monoisotopic (exact) mass is 1580 g/mol. The minimum absolute atomic E-state index is 0.00664. The van der Waals surface area contributed by atoms with Crippen molar-refractivity contribution in [2.45, 2.75) is 182 Å². The highest BCUT2D eigenvalue weighted by Gasteiger charge is 2.63. The molecule has 26 nitrogen and oxygen atoms in total. The first-order valence-electron chi connectivity index (χ1n) is 38.9. The lowest BCUT2D eigenvalue weighted by Crippen LogP contribution is -2.71. The van der Waals surface area contributed by atoms with Gasteiger partial charge in [0.25, 0.3) is 11.8 Å². The molecule has 1 unspecified atom stereocenters. The van der Waals surface area contributed by atoms with Crippen LogP contribution in [-0.2, 0) is 127 Å². The minimum Gasteiger partial charge on any atom is -0.497 e. The topological polar surface area (TPSA) is 293 Å². The van der Waals surface area contributed by atoms with Crippen molar-refractivity contribution in [1.82, 2.24) is 4.90 Å². The highest BCUT2D eigenvalue weighted by atomic mass is 16.8. The summed E-state index contributed by atoms with van der Waals surface area (Å²) in [5.74, 6) is -0.741. The second-order valence-corrected chi connectivity index (χ2v) is 29.1. The van der Waals surface area contributed by atoms with Crippen molar-refractivity contribution in [2.75, 3.05) is 34.0 Å². The summed E-state index contributed by atoms with van der Waals surface area (Å²) in [4.78, 5) is 34.6. The van der Waals surface area contributed by atoms with Gasteiger partial charge in [-0.25, -0.2) is 0 Å². The summed E-state index contributed by atoms with van der Waals surface area (Å²) in [5.41, 5.74) is 14.4. The molecule has 116 heavy (non-hydrogen) atoms. The van der Waals surface area contributed by atoms with Crippen LogP contribution in [0.2, 0.25) is 0 Å². The number of hydrogen-bond acceptors (Lipinski definition) is 23. The molecular formula is C90H94N4O22. The Balaban J connectivity index is 0.841. The molecule has 26 heteroatoms. The van der Waals surface area contributed by atoms with E-state index in [9.17, 15) is 15.7 Å². The molecule has 9 aromatic rings. The highest BCUT2D eigenvalue weighted by molar-refractivity contribution is 6.21. The average Bonchev–Trinajstić information content (AvgIpc) is 1.71. The van der Waals surface area contributed by atoms with Crippen LogP contribution >= 0.6 is 0 Å². The number of carbonyl (C=O) groups excluding carboxylic acids is 2. The molecule has 6 aliphatic heterocycles. The Morgan fingerprint density at radius 3 is 1.38 bits per heavy atom. The van der Waals surface area contributed by atoms with Crippen LogP contribution in [0.4, 0.5) is 0 Å². The first kappa shape index (κ1) is 81.6. The Bertz CT molecular complexity index is 4580. The maximum Gasteiger partial charge on any atom is 0.262 e. The van der Waals surface area contributed by atoms with E-state index in [2.05, 4.69) is 10.0 Å². The van der Waals surface area contributed by atoms with Crippen LogP contribution in [0.1, 0.15) is 78.4 Å². The molecule has 0 aromatic heterocycles. The lowest BCUT2D eigenvalue weighted by molar-refractivity contribution is -0.424. The number of rotatable bonds is 34. The van der Waals surface area contributed by atoms with Crippen molar-refractivity contribution in [1.29, 1.82) is 0 Å². The molecule has 2 amide bonds. The van der Waals surface area contributed by atoms with E-state index >= 15 is 9.59 Å². The van der Waals surface area contributed by atoms with Crippen LogP contribution in [-0.4, -0.2) is 183 Å². The van der Waals surface area contributed by atoms with Crippen LogP contribution in [0.15, 0.2) is 266 Å². The fourth-order valence-corrected chi connectivity index (χ4v) is 15.6. The van der Waals surface area contributed by atoms with Gasteiger partial charge in [-0.1, -0.05) is 242 Å². The van der Waals surface area contributed by atoms with Crippen molar-refractivity contribution in [2.24, 2.45) is 5.11 Å². The number of hydrogen-bond donors (Lipinski definition) is 2. The number of azide groups is 1. The highest BCUT2D eigenvalue weighted by Crippen LogP contribution is 2.45. The Morgan fingerprint density at radius 1 is 0.448 bits per heavy atom. The lowest BCUT2D eigenvalue weighted by atomic mass is 9.92. The number of benzene rings is 9. The fraction of sp³-hybridized carbons (Fsp3) is 0.378. The molecular weight excluding hydrogens is 1490 g/mol. The van der Waals surface area contributed by atoms with E-state index in [-0.39, 0.29) is 64.0 Å². The summed E-state index contributed by atoms with van der Waals surface area (Å²) in [6.45, 7) is 0.525. The van der Waals surface area contributed by atoms with Gasteiger partial charge in [-0.05, 0) is 75.7 Å². The molecule has 6 aliphatic rings. The number of amides is 2. The van der Waals surface area contributed by atoms with Crippen molar-refractivity contribution in [3.8, 4) is 5.75 Å². The zero-order valence-electron chi connectivity index (χ0n) is 64.3. The number of ether oxygens (including phenoxy) is 18. The zero-order chi connectivity index (χ0) is 79.7. The molecule has 5 fully saturated rings. The van der Waals surface area contributed by atoms with Gasteiger partial charge in [-0.3, -0.25) is 14.5 Å². The zero-order valence-corrected chi connectivity index (χ0v) is 64.3. The quantitative estimate of drug-likeness (QED) is 0.0164. The molecule has 0 spiro atoms. The van der Waals surface area contributed by atoms with E-state index in [1.54, 1.807) is 31.4 Å². The van der Waals surface area contributed by atoms with E-state index in [0.29, 0.717) is 16.9 Å². The summed E-state index contributed by atoms with van der Waals surface area (Å²) in [6.07, 6.45) is -24.9. The van der Waals surface area contributed by atoms with Gasteiger partial charge in [-0.2, -0.15) is 0 Å². The minimum atomic E-state index is -2.90. The fourth-order valence-electron chi connectivity index (χ4n) is 15.6. The Labute approximate surface area is 672 Å². The summed E-state index contributed by atoms with van der Waals surface area (Å²) in [6, 6.07) is 78.7. The first-order chi connectivity index (χ1) is 56.9. The molecule has 15 rings (SSSR count). The molecule has 0 aliphatic carbocycles. The largest absolute Gasteiger partial charge is 0.497 e. The molecule has 0 bridgehead atoms. The number of carbonyl (C=O) groups is 2. The molecule has 0 radical (unpaired) electrons. The van der Waals surface area contributed by atoms with Crippen LogP contribution in [0.25, 0.3) is 10.4 Å². The van der Waals surface area contributed by atoms with Gasteiger partial charge in [0.15, 0.2) is 31.5 Å². The number of aliphatic hydroxyl groups is 2. The third-order valence-corrected chi connectivity index (χ3v) is 21.5. The second-order valence-electron chi connectivity index (χ2n) is 29.1. The second kappa shape index (κ2) is 39.2. The molecule has 2 N–H and O–H groups in total. The van der Waals surface area contributed by atoms with Crippen molar-refractivity contribution >= 4 is 11.8 Å². The molecule has 0 saturated carbocycles. The van der Waals surface area contributed by atoms with Gasteiger partial charge < -0.3 is 95.5 Å². The maximum atomic E-state index is 15.2. The van der Waals surface area contributed by atoms with E-state index in [1.807, 2.05) is 244 Å². The molecule has 606 valence electrons. The normalized spacial score (nSPS) is 29.8. The van der Waals surface area contributed by atoms with Gasteiger partial charge in [0.2, 0.25) is 5.72 Å². The predicted octanol–water partition coefficient (Wildman–Crippen LogP) is 12.2. The van der Waals surface area contributed by atoms with Crippen LogP contribution < -0.4 is 4.74 Å². The third kappa shape index (κ3) is 19.0. The summed E-state index contributed by atoms with van der Waals surface area (Å²) in [7, 11) is 2.82. The number of nitrogens with zero attached hydrogens (tertiary/aromatic N) is 4. The van der Waals surface area contributed by atoms with Gasteiger partial charge in [-0.15, -0.1) is 0 Å². The molecule has 21 atom stereocenters. The summed E-state index contributed by atoms with van der Waals surface area (Å²) >= 11 is 0. The Hall–Kier alpha value is -9.53. The van der Waals surface area contributed by atoms with Crippen molar-refractivity contribution in [3.63, 3.8) is 0 Å². The number of imide groups is 1. The van der Waals surface area contributed by atoms with E-state index in [0.717, 1.165) is 38.3 Å². The Morgan fingerprint density at radius 2 is 0.888 bits per heavy atom. The van der Waals surface area contributed by atoms with Crippen molar-refractivity contribution in [3.05, 3.63) is 327 Å². The maximum absolute atomic E-state index is 15.2. The summed E-state index contributed by atoms with van der Waals surface area (Å²) in [5, 5.41) is 29.3. The van der Waals surface area contributed by atoms with Crippen LogP contribution in [0.3, 0.4) is 0 Å². The third-order valence-electron chi connectivity index (χ3n) is 21.5. The van der Waals surface area contributed by atoms with E-state index in [4.69, 9.17) is 85.3 Å². The van der Waals surface area contributed by atoms with Gasteiger partial charge in [0.05, 0.1) is 90.4 Å². The van der Waals surface area contributed by atoms with Crippen LogP contribution in [0.5, 0.6) is 5.75 Å².